The number of aliphatic carboxylic acids is 1. The summed E-state index contributed by atoms with van der Waals surface area (Å²) in [5.74, 6) is -1.24. The fourth-order valence-electron chi connectivity index (χ4n) is 3.51. The third-order valence-corrected chi connectivity index (χ3v) is 4.78. The molecule has 0 fully saturated rings. The molecule has 142 valence electrons. The van der Waals surface area contributed by atoms with Gasteiger partial charge in [-0.3, -0.25) is 0 Å². The van der Waals surface area contributed by atoms with Crippen molar-refractivity contribution in [3.63, 3.8) is 0 Å². The fourth-order valence-corrected chi connectivity index (χ4v) is 3.51. The quantitative estimate of drug-likeness (QED) is 0.781. The van der Waals surface area contributed by atoms with Crippen LogP contribution in [0.1, 0.15) is 30.9 Å². The number of hydrogen-bond acceptors (Lipinski definition) is 4. The molecule has 1 amide bonds. The van der Waals surface area contributed by atoms with E-state index in [9.17, 15) is 14.7 Å². The molecule has 0 unspecified atom stereocenters. The fraction of sp³-hybridized carbons (Fsp3) is 0.333. The van der Waals surface area contributed by atoms with Gasteiger partial charge in [0.2, 0.25) is 0 Å². The number of benzene rings is 2. The highest BCUT2D eigenvalue weighted by molar-refractivity contribution is 5.81. The molecule has 6 heteroatoms. The standard InChI is InChI=1S/C21H23NO5/c1-3-26-13(2)19(20(23)24)22-21(25)27-12-18-16-10-6-4-8-14(16)15-9-5-7-11-17(15)18/h4-11,13,18-19H,3,12H2,1-2H3,(H,22,25)(H,23,24)/t13-,19-/m0/s1. The lowest BCUT2D eigenvalue weighted by Crippen LogP contribution is -2.49. The lowest BCUT2D eigenvalue weighted by atomic mass is 9.98. The average molecular weight is 369 g/mol. The Hall–Kier alpha value is -2.86. The van der Waals surface area contributed by atoms with E-state index >= 15 is 0 Å². The van der Waals surface area contributed by atoms with Crippen LogP contribution in [0.15, 0.2) is 48.5 Å². The molecule has 2 aromatic rings. The van der Waals surface area contributed by atoms with E-state index in [-0.39, 0.29) is 12.5 Å². The number of ether oxygens (including phenoxy) is 2. The number of hydrogen-bond donors (Lipinski definition) is 2. The van der Waals surface area contributed by atoms with Crippen molar-refractivity contribution in [1.82, 2.24) is 5.32 Å². The van der Waals surface area contributed by atoms with Crippen LogP contribution in [0.2, 0.25) is 0 Å². The van der Waals surface area contributed by atoms with Crippen LogP contribution in [-0.4, -0.2) is 42.5 Å². The molecule has 1 aliphatic rings. The normalized spacial score (nSPS) is 14.7. The maximum absolute atomic E-state index is 12.2. The molecule has 0 spiro atoms. The van der Waals surface area contributed by atoms with E-state index in [2.05, 4.69) is 17.4 Å². The molecular weight excluding hydrogens is 346 g/mol. The Bertz CT molecular complexity index is 789. The van der Waals surface area contributed by atoms with E-state index in [1.54, 1.807) is 13.8 Å². The van der Waals surface area contributed by atoms with Crippen LogP contribution in [0.4, 0.5) is 4.79 Å². The Morgan fingerprint density at radius 1 is 1.07 bits per heavy atom. The van der Waals surface area contributed by atoms with Gasteiger partial charge < -0.3 is 19.9 Å². The van der Waals surface area contributed by atoms with E-state index in [4.69, 9.17) is 9.47 Å². The van der Waals surface area contributed by atoms with Gasteiger partial charge in [-0.25, -0.2) is 9.59 Å². The molecule has 2 atom stereocenters. The third kappa shape index (κ3) is 3.95. The molecule has 0 radical (unpaired) electrons. The molecule has 2 aromatic carbocycles. The van der Waals surface area contributed by atoms with Gasteiger partial charge in [0.05, 0.1) is 6.10 Å². The Kier molecular flexibility index (Phi) is 5.76. The maximum Gasteiger partial charge on any atom is 0.407 e. The highest BCUT2D eigenvalue weighted by Gasteiger charge is 2.31. The van der Waals surface area contributed by atoms with Crippen molar-refractivity contribution in [2.45, 2.75) is 31.9 Å². The predicted molar refractivity (Wildman–Crippen MR) is 101 cm³/mol. The van der Waals surface area contributed by atoms with Crippen molar-refractivity contribution < 1.29 is 24.2 Å². The first-order chi connectivity index (χ1) is 13.0. The van der Waals surface area contributed by atoms with Gasteiger partial charge in [-0.2, -0.15) is 0 Å². The summed E-state index contributed by atoms with van der Waals surface area (Å²) in [6.45, 7) is 3.86. The van der Waals surface area contributed by atoms with Crippen molar-refractivity contribution in [2.75, 3.05) is 13.2 Å². The number of carbonyl (C=O) groups is 2. The first-order valence-electron chi connectivity index (χ1n) is 8.98. The molecule has 0 saturated carbocycles. The smallest absolute Gasteiger partial charge is 0.407 e. The monoisotopic (exact) mass is 369 g/mol. The molecular formula is C21H23NO5. The summed E-state index contributed by atoms with van der Waals surface area (Å²) in [6, 6.07) is 14.9. The summed E-state index contributed by atoms with van der Waals surface area (Å²) in [5, 5.41) is 11.7. The number of carboxylic acids is 1. The van der Waals surface area contributed by atoms with Crippen molar-refractivity contribution in [3.05, 3.63) is 59.7 Å². The lowest BCUT2D eigenvalue weighted by Gasteiger charge is -2.21. The van der Waals surface area contributed by atoms with Gasteiger partial charge >= 0.3 is 12.1 Å². The Balaban J connectivity index is 1.69. The topological polar surface area (TPSA) is 84.9 Å². The number of alkyl carbamates (subject to hydrolysis) is 1. The summed E-state index contributed by atoms with van der Waals surface area (Å²) in [7, 11) is 0. The first kappa shape index (κ1) is 18.9. The van der Waals surface area contributed by atoms with Crippen molar-refractivity contribution in [1.29, 1.82) is 0 Å². The van der Waals surface area contributed by atoms with Crippen molar-refractivity contribution in [3.8, 4) is 11.1 Å². The second-order valence-corrected chi connectivity index (χ2v) is 6.45. The summed E-state index contributed by atoms with van der Waals surface area (Å²) in [6.07, 6.45) is -1.43. The second-order valence-electron chi connectivity index (χ2n) is 6.45. The molecule has 0 heterocycles. The van der Waals surface area contributed by atoms with Gasteiger partial charge in [0.1, 0.15) is 6.61 Å². The van der Waals surface area contributed by atoms with Gasteiger partial charge in [-0.1, -0.05) is 48.5 Å². The van der Waals surface area contributed by atoms with E-state index in [1.165, 1.54) is 0 Å². The molecule has 2 N–H and O–H groups in total. The zero-order valence-corrected chi connectivity index (χ0v) is 15.3. The summed E-state index contributed by atoms with van der Waals surface area (Å²) in [5.41, 5.74) is 4.47. The number of carboxylic acid groups (broad SMARTS) is 1. The van der Waals surface area contributed by atoms with E-state index < -0.39 is 24.2 Å². The molecule has 0 aromatic heterocycles. The maximum atomic E-state index is 12.2. The zero-order valence-electron chi connectivity index (χ0n) is 15.3. The lowest BCUT2D eigenvalue weighted by molar-refractivity contribution is -0.143. The van der Waals surface area contributed by atoms with Crippen LogP contribution in [0, 0.1) is 0 Å². The number of nitrogens with one attached hydrogen (secondary N) is 1. The van der Waals surface area contributed by atoms with Gasteiger partial charge in [0.15, 0.2) is 6.04 Å². The van der Waals surface area contributed by atoms with Gasteiger partial charge in [0, 0.05) is 12.5 Å². The van der Waals surface area contributed by atoms with Crippen LogP contribution in [0.5, 0.6) is 0 Å². The second kappa shape index (κ2) is 8.22. The van der Waals surface area contributed by atoms with Gasteiger partial charge in [-0.05, 0) is 36.1 Å². The van der Waals surface area contributed by atoms with E-state index in [1.807, 2.05) is 36.4 Å². The van der Waals surface area contributed by atoms with Crippen LogP contribution >= 0.6 is 0 Å². The predicted octanol–water partition coefficient (Wildman–Crippen LogP) is 3.40. The van der Waals surface area contributed by atoms with Crippen LogP contribution < -0.4 is 5.32 Å². The van der Waals surface area contributed by atoms with Crippen LogP contribution in [-0.2, 0) is 14.3 Å². The molecule has 0 bridgehead atoms. The minimum Gasteiger partial charge on any atom is -0.480 e. The largest absolute Gasteiger partial charge is 0.480 e. The Labute approximate surface area is 158 Å². The molecule has 3 rings (SSSR count). The average Bonchev–Trinajstić information content (AvgIpc) is 2.98. The number of rotatable bonds is 7. The molecule has 1 aliphatic carbocycles. The van der Waals surface area contributed by atoms with Crippen molar-refractivity contribution >= 4 is 12.1 Å². The highest BCUT2D eigenvalue weighted by Crippen LogP contribution is 2.44. The summed E-state index contributed by atoms with van der Waals surface area (Å²) in [4.78, 5) is 23.6. The highest BCUT2D eigenvalue weighted by atomic mass is 16.6. The summed E-state index contributed by atoms with van der Waals surface area (Å²) < 4.78 is 10.7. The summed E-state index contributed by atoms with van der Waals surface area (Å²) >= 11 is 0. The van der Waals surface area contributed by atoms with Crippen LogP contribution in [0.3, 0.4) is 0 Å². The molecule has 6 nitrogen and oxygen atoms in total. The van der Waals surface area contributed by atoms with E-state index in [0.717, 1.165) is 22.3 Å². The Morgan fingerprint density at radius 3 is 2.15 bits per heavy atom. The first-order valence-corrected chi connectivity index (χ1v) is 8.98. The van der Waals surface area contributed by atoms with Crippen molar-refractivity contribution in [2.24, 2.45) is 0 Å². The molecule has 0 aliphatic heterocycles. The zero-order chi connectivity index (χ0) is 19.4. The van der Waals surface area contributed by atoms with E-state index in [0.29, 0.717) is 6.61 Å². The SMILES string of the molecule is CCO[C@@H](C)[C@H](NC(=O)OCC1c2ccccc2-c2ccccc21)C(=O)O. The van der Waals surface area contributed by atoms with Gasteiger partial charge in [0.25, 0.3) is 0 Å². The minimum absolute atomic E-state index is 0.0734. The molecule has 27 heavy (non-hydrogen) atoms. The van der Waals surface area contributed by atoms with Crippen LogP contribution in [0.25, 0.3) is 11.1 Å². The molecule has 0 saturated heterocycles. The minimum atomic E-state index is -1.17. The third-order valence-electron chi connectivity index (χ3n) is 4.78. The number of carbonyl (C=O) groups excluding carboxylic acids is 1. The van der Waals surface area contributed by atoms with Gasteiger partial charge in [-0.15, -0.1) is 0 Å². The Morgan fingerprint density at radius 2 is 1.63 bits per heavy atom. The number of fused-ring (bicyclic) bond motifs is 3. The number of amides is 1.